The molecule has 0 bridgehead atoms. The minimum Gasteiger partial charge on any atom is -0.484 e. The highest BCUT2D eigenvalue weighted by Crippen LogP contribution is 2.28. The molecule has 0 saturated carbocycles. The molecule has 0 aliphatic heterocycles. The number of hydrogen-bond donors (Lipinski definition) is 2. The predicted molar refractivity (Wildman–Crippen MR) is 129 cm³/mol. The van der Waals surface area contributed by atoms with Crippen LogP contribution in [-0.4, -0.2) is 28.2 Å². The maximum absolute atomic E-state index is 12.2. The fourth-order valence-corrected chi connectivity index (χ4v) is 3.71. The number of thiophene rings is 1. The van der Waals surface area contributed by atoms with Crippen LogP contribution in [0.25, 0.3) is 22.3 Å². The first-order valence-electron chi connectivity index (χ1n) is 10.2. The van der Waals surface area contributed by atoms with Crippen LogP contribution in [0, 0.1) is 11.3 Å². The van der Waals surface area contributed by atoms with Gasteiger partial charge >= 0.3 is 0 Å². The first-order valence-corrected chi connectivity index (χ1v) is 11.1. The van der Waals surface area contributed by atoms with Crippen molar-refractivity contribution in [1.82, 2.24) is 20.6 Å². The monoisotopic (exact) mass is 469 g/mol. The Morgan fingerprint density at radius 3 is 2.56 bits per heavy atom. The van der Waals surface area contributed by atoms with Crippen LogP contribution >= 0.6 is 11.3 Å². The number of para-hydroxylation sites is 1. The van der Waals surface area contributed by atoms with Crippen LogP contribution in [0.15, 0.2) is 84.4 Å². The lowest BCUT2D eigenvalue weighted by Gasteiger charge is -2.07. The zero-order chi connectivity index (χ0) is 23.8. The van der Waals surface area contributed by atoms with E-state index in [1.54, 1.807) is 46.4 Å². The van der Waals surface area contributed by atoms with Crippen LogP contribution in [0.5, 0.6) is 5.75 Å². The van der Waals surface area contributed by atoms with Crippen molar-refractivity contribution in [3.8, 4) is 28.1 Å². The molecule has 0 atom stereocenters. The average Bonchev–Trinajstić information content (AvgIpc) is 3.56. The highest BCUT2D eigenvalue weighted by atomic mass is 32.1. The van der Waals surface area contributed by atoms with Gasteiger partial charge in [0.2, 0.25) is 0 Å². The van der Waals surface area contributed by atoms with Crippen molar-refractivity contribution < 1.29 is 14.3 Å². The molecule has 4 aromatic rings. The molecule has 8 nitrogen and oxygen atoms in total. The minimum absolute atomic E-state index is 0.289. The Balaban J connectivity index is 1.36. The Morgan fingerprint density at radius 1 is 1.06 bits per heavy atom. The van der Waals surface area contributed by atoms with Crippen LogP contribution in [0.3, 0.4) is 0 Å². The molecule has 0 spiro atoms. The number of carbonyl (C=O) groups is 2. The highest BCUT2D eigenvalue weighted by Gasteiger charge is 2.12. The topological polar surface area (TPSA) is 109 Å². The number of nitrogens with one attached hydrogen (secondary N) is 2. The second kappa shape index (κ2) is 10.8. The minimum atomic E-state index is -0.526. The Bertz CT molecular complexity index is 1340. The summed E-state index contributed by atoms with van der Waals surface area (Å²) in [5.74, 6) is -0.587. The number of hydrazine groups is 1. The lowest BCUT2D eigenvalue weighted by molar-refractivity contribution is -0.128. The third kappa shape index (κ3) is 5.76. The number of aromatic nitrogens is 2. The van der Waals surface area contributed by atoms with Crippen molar-refractivity contribution in [3.05, 3.63) is 95.5 Å². The number of benzene rings is 2. The normalized spacial score (nSPS) is 10.6. The summed E-state index contributed by atoms with van der Waals surface area (Å²) in [7, 11) is 0. The van der Waals surface area contributed by atoms with Gasteiger partial charge in [0.25, 0.3) is 11.8 Å². The Labute approximate surface area is 199 Å². The van der Waals surface area contributed by atoms with E-state index in [1.165, 1.54) is 6.08 Å². The summed E-state index contributed by atoms with van der Waals surface area (Å²) in [6.45, 7) is -0.289. The molecule has 0 aliphatic carbocycles. The number of hydrogen-bond acceptors (Lipinski definition) is 6. The molecule has 9 heteroatoms. The van der Waals surface area contributed by atoms with E-state index in [1.807, 2.05) is 60.1 Å². The van der Waals surface area contributed by atoms with Crippen molar-refractivity contribution in [2.75, 3.05) is 6.61 Å². The molecule has 0 radical (unpaired) electrons. The summed E-state index contributed by atoms with van der Waals surface area (Å²) < 4.78 is 7.09. The van der Waals surface area contributed by atoms with E-state index in [-0.39, 0.29) is 6.61 Å². The fraction of sp³-hybridized carbons (Fsp3) is 0.0400. The van der Waals surface area contributed by atoms with Crippen LogP contribution in [-0.2, 0) is 9.59 Å². The summed E-state index contributed by atoms with van der Waals surface area (Å²) in [5, 5.41) is 15.4. The number of ether oxygens (including phenoxy) is 1. The molecule has 0 saturated heterocycles. The maximum Gasteiger partial charge on any atom is 0.276 e. The van der Waals surface area contributed by atoms with E-state index in [9.17, 15) is 9.59 Å². The summed E-state index contributed by atoms with van der Waals surface area (Å²) in [6, 6.07) is 21.9. The molecule has 2 N–H and O–H groups in total. The molecular weight excluding hydrogens is 450 g/mol. The van der Waals surface area contributed by atoms with Gasteiger partial charge in [-0.3, -0.25) is 20.4 Å². The van der Waals surface area contributed by atoms with Gasteiger partial charge in [-0.2, -0.15) is 10.4 Å². The molecule has 2 heterocycles. The van der Waals surface area contributed by atoms with E-state index >= 15 is 0 Å². The number of carbonyl (C=O) groups excluding carboxylic acids is 2. The van der Waals surface area contributed by atoms with Gasteiger partial charge in [-0.1, -0.05) is 24.3 Å². The molecule has 0 unspecified atom stereocenters. The number of nitriles is 1. The van der Waals surface area contributed by atoms with Crippen LogP contribution in [0.4, 0.5) is 0 Å². The number of rotatable bonds is 7. The average molecular weight is 470 g/mol. The van der Waals surface area contributed by atoms with Gasteiger partial charge < -0.3 is 4.74 Å². The molecule has 34 heavy (non-hydrogen) atoms. The van der Waals surface area contributed by atoms with E-state index in [2.05, 4.69) is 16.0 Å². The largest absolute Gasteiger partial charge is 0.484 e. The van der Waals surface area contributed by atoms with E-state index < -0.39 is 11.8 Å². The Kier molecular flexibility index (Phi) is 7.12. The molecule has 2 aromatic carbocycles. The van der Waals surface area contributed by atoms with Crippen molar-refractivity contribution in [2.45, 2.75) is 0 Å². The molecular formula is C25H19N5O3S. The Morgan fingerprint density at radius 2 is 1.85 bits per heavy atom. The molecule has 0 fully saturated rings. The molecule has 2 aromatic heterocycles. The van der Waals surface area contributed by atoms with Gasteiger partial charge in [0, 0.05) is 17.8 Å². The fourth-order valence-electron chi connectivity index (χ4n) is 2.98. The molecule has 168 valence electrons. The molecule has 4 rings (SSSR count). The van der Waals surface area contributed by atoms with E-state index in [0.717, 1.165) is 21.8 Å². The van der Waals surface area contributed by atoms with Gasteiger partial charge in [0.15, 0.2) is 6.61 Å². The van der Waals surface area contributed by atoms with Gasteiger partial charge in [-0.15, -0.1) is 11.3 Å². The van der Waals surface area contributed by atoms with Crippen LogP contribution in [0.2, 0.25) is 0 Å². The zero-order valence-electron chi connectivity index (χ0n) is 17.8. The van der Waals surface area contributed by atoms with Crippen molar-refractivity contribution in [2.24, 2.45) is 0 Å². The number of amides is 2. The lowest BCUT2D eigenvalue weighted by atomic mass is 10.2. The van der Waals surface area contributed by atoms with Crippen LogP contribution in [0.1, 0.15) is 11.1 Å². The van der Waals surface area contributed by atoms with E-state index in [0.29, 0.717) is 11.3 Å². The lowest BCUT2D eigenvalue weighted by Crippen LogP contribution is -2.43. The Hall–Kier alpha value is -4.68. The van der Waals surface area contributed by atoms with Crippen molar-refractivity contribution in [1.29, 1.82) is 5.26 Å². The second-order valence-corrected chi connectivity index (χ2v) is 7.93. The molecule has 2 amide bonds. The third-order valence-corrected chi connectivity index (χ3v) is 5.49. The first-order chi connectivity index (χ1) is 16.6. The quantitative estimate of drug-likeness (QED) is 0.317. The zero-order valence-corrected chi connectivity index (χ0v) is 18.7. The molecule has 0 aliphatic rings. The van der Waals surface area contributed by atoms with Crippen LogP contribution < -0.4 is 15.6 Å². The van der Waals surface area contributed by atoms with Gasteiger partial charge in [-0.05, 0) is 53.9 Å². The van der Waals surface area contributed by atoms with Crippen molar-refractivity contribution in [3.63, 3.8) is 0 Å². The summed E-state index contributed by atoms with van der Waals surface area (Å²) in [5.41, 5.74) is 7.53. The second-order valence-electron chi connectivity index (χ2n) is 6.99. The SMILES string of the molecule is N#Cc1ccc(OCC(=O)NNC(=O)/C=C/c2cn(-c3ccccc3)nc2-c2cccs2)cc1. The van der Waals surface area contributed by atoms with Gasteiger partial charge in [0.05, 0.1) is 22.2 Å². The van der Waals surface area contributed by atoms with Gasteiger partial charge in [0.1, 0.15) is 11.4 Å². The van der Waals surface area contributed by atoms with Crippen molar-refractivity contribution >= 4 is 29.2 Å². The van der Waals surface area contributed by atoms with Gasteiger partial charge in [-0.25, -0.2) is 4.68 Å². The summed E-state index contributed by atoms with van der Waals surface area (Å²) >= 11 is 1.56. The highest BCUT2D eigenvalue weighted by molar-refractivity contribution is 7.13. The summed E-state index contributed by atoms with van der Waals surface area (Å²) in [4.78, 5) is 25.2. The first kappa shape index (κ1) is 22.5. The number of nitrogens with zero attached hydrogens (tertiary/aromatic N) is 3. The van der Waals surface area contributed by atoms with E-state index in [4.69, 9.17) is 10.00 Å². The standard InChI is InChI=1S/C25H19N5O3S/c26-15-18-8-11-21(12-9-18)33-17-24(32)28-27-23(31)13-10-19-16-30(20-5-2-1-3-6-20)29-25(19)22-7-4-14-34-22/h1-14,16H,17H2,(H,27,31)(H,28,32)/b13-10+. The predicted octanol–water partition coefficient (Wildman–Crippen LogP) is 3.71. The third-order valence-electron chi connectivity index (χ3n) is 4.61. The summed E-state index contributed by atoms with van der Waals surface area (Å²) in [6.07, 6.45) is 4.82. The maximum atomic E-state index is 12.2. The smallest absolute Gasteiger partial charge is 0.276 e.